The van der Waals surface area contributed by atoms with E-state index in [-0.39, 0.29) is 11.2 Å². The Labute approximate surface area is 122 Å². The van der Waals surface area contributed by atoms with Gasteiger partial charge in [0, 0.05) is 11.1 Å². The first-order valence-electron chi connectivity index (χ1n) is 5.82. The average molecular weight is 330 g/mol. The van der Waals surface area contributed by atoms with Crippen LogP contribution >= 0.6 is 11.3 Å². The van der Waals surface area contributed by atoms with Crippen molar-refractivity contribution in [2.45, 2.75) is 44.7 Å². The fourth-order valence-electron chi connectivity index (χ4n) is 1.08. The summed E-state index contributed by atoms with van der Waals surface area (Å²) in [7, 11) is -1.27. The second-order valence-electron chi connectivity index (χ2n) is 5.15. The smallest absolute Gasteiger partial charge is 0.422 e. The molecule has 4 nitrogen and oxygen atoms in total. The van der Waals surface area contributed by atoms with Crippen LogP contribution < -0.4 is 9.46 Å². The second-order valence-corrected chi connectivity index (χ2v) is 8.18. The number of aromatic nitrogens is 1. The molecule has 0 saturated carbocycles. The fraction of sp³-hybridized carbons (Fsp3) is 0.727. The number of hydrogen-bond acceptors (Lipinski definition) is 4. The van der Waals surface area contributed by atoms with E-state index in [1.807, 2.05) is 20.8 Å². The van der Waals surface area contributed by atoms with Crippen LogP contribution in [0.25, 0.3) is 0 Å². The lowest BCUT2D eigenvalue weighted by Gasteiger charge is -2.21. The predicted octanol–water partition coefficient (Wildman–Crippen LogP) is 3.20. The van der Waals surface area contributed by atoms with Gasteiger partial charge >= 0.3 is 6.18 Å². The maximum Gasteiger partial charge on any atom is 0.422 e. The topological polar surface area (TPSA) is 51.2 Å². The van der Waals surface area contributed by atoms with E-state index in [4.69, 9.17) is 0 Å². The van der Waals surface area contributed by atoms with Crippen molar-refractivity contribution in [1.29, 1.82) is 0 Å². The van der Waals surface area contributed by atoms with Gasteiger partial charge in [0.15, 0.2) is 6.61 Å². The van der Waals surface area contributed by atoms with Crippen molar-refractivity contribution in [2.24, 2.45) is 0 Å². The van der Waals surface area contributed by atoms with Crippen LogP contribution in [-0.2, 0) is 11.0 Å². The SMILES string of the molecule is C[C@H](N[S@](=O)C(C)(C)C)c1cnc(OCC(F)(F)F)s1. The van der Waals surface area contributed by atoms with Crippen LogP contribution in [-0.4, -0.2) is 26.7 Å². The lowest BCUT2D eigenvalue weighted by Crippen LogP contribution is -2.34. The number of alkyl halides is 3. The van der Waals surface area contributed by atoms with Gasteiger partial charge in [-0.3, -0.25) is 0 Å². The number of rotatable bonds is 5. The summed E-state index contributed by atoms with van der Waals surface area (Å²) in [6, 6.07) is -0.282. The molecule has 0 aliphatic heterocycles. The molecule has 0 bridgehead atoms. The van der Waals surface area contributed by atoms with Crippen molar-refractivity contribution in [2.75, 3.05) is 6.61 Å². The standard InChI is InChI=1S/C11H17F3N2O2S2/c1-7(16-20(17)10(2,3)4)8-5-15-9(19-8)18-6-11(12,13)14/h5,7,16H,6H2,1-4H3/t7-,20+/m0/s1. The summed E-state index contributed by atoms with van der Waals surface area (Å²) in [5.41, 5.74) is 0. The van der Waals surface area contributed by atoms with Crippen LogP contribution in [0, 0.1) is 0 Å². The molecule has 0 aliphatic rings. The number of ether oxygens (including phenoxy) is 1. The van der Waals surface area contributed by atoms with Gasteiger partial charge in [0.2, 0.25) is 0 Å². The summed E-state index contributed by atoms with van der Waals surface area (Å²) in [5.74, 6) is 0. The monoisotopic (exact) mass is 330 g/mol. The van der Waals surface area contributed by atoms with Crippen LogP contribution in [0.3, 0.4) is 0 Å². The second kappa shape index (κ2) is 6.40. The molecular formula is C11H17F3N2O2S2. The lowest BCUT2D eigenvalue weighted by molar-refractivity contribution is -0.153. The van der Waals surface area contributed by atoms with Crippen molar-refractivity contribution >= 4 is 22.3 Å². The van der Waals surface area contributed by atoms with Crippen LogP contribution in [0.15, 0.2) is 6.20 Å². The number of thiazole rings is 1. The van der Waals surface area contributed by atoms with E-state index in [1.165, 1.54) is 6.20 Å². The number of nitrogens with one attached hydrogen (secondary N) is 1. The molecule has 0 saturated heterocycles. The molecule has 0 fully saturated rings. The molecule has 1 heterocycles. The van der Waals surface area contributed by atoms with Gasteiger partial charge in [-0.15, -0.1) is 0 Å². The van der Waals surface area contributed by atoms with E-state index in [2.05, 4.69) is 14.4 Å². The van der Waals surface area contributed by atoms with Crippen molar-refractivity contribution in [3.05, 3.63) is 11.1 Å². The first-order valence-corrected chi connectivity index (χ1v) is 7.79. The quantitative estimate of drug-likeness (QED) is 0.902. The van der Waals surface area contributed by atoms with Crippen LogP contribution in [0.4, 0.5) is 13.2 Å². The normalized spacial score (nSPS) is 15.9. The number of halogens is 3. The number of nitrogens with zero attached hydrogens (tertiary/aromatic N) is 1. The Hall–Kier alpha value is -0.670. The predicted molar refractivity (Wildman–Crippen MR) is 73.1 cm³/mol. The molecule has 0 spiro atoms. The molecule has 2 atom stereocenters. The van der Waals surface area contributed by atoms with Gasteiger partial charge in [-0.05, 0) is 27.7 Å². The van der Waals surface area contributed by atoms with Crippen molar-refractivity contribution in [1.82, 2.24) is 9.71 Å². The van der Waals surface area contributed by atoms with E-state index < -0.39 is 28.5 Å². The van der Waals surface area contributed by atoms with Gasteiger partial charge in [-0.25, -0.2) is 13.9 Å². The molecule has 0 amide bonds. The molecule has 116 valence electrons. The van der Waals surface area contributed by atoms with Crippen LogP contribution in [0.1, 0.15) is 38.6 Å². The summed E-state index contributed by atoms with van der Waals surface area (Å²) in [5, 5.41) is -0.0486. The number of hydrogen-bond donors (Lipinski definition) is 1. The molecule has 9 heteroatoms. The van der Waals surface area contributed by atoms with Crippen LogP contribution in [0.5, 0.6) is 5.19 Å². The maximum absolute atomic E-state index is 12.0. The molecule has 1 rings (SSSR count). The largest absolute Gasteiger partial charge is 0.460 e. The minimum Gasteiger partial charge on any atom is -0.460 e. The van der Waals surface area contributed by atoms with Crippen molar-refractivity contribution < 1.29 is 22.1 Å². The Kier molecular flexibility index (Phi) is 5.56. The van der Waals surface area contributed by atoms with Crippen molar-refractivity contribution in [3.63, 3.8) is 0 Å². The summed E-state index contributed by atoms with van der Waals surface area (Å²) in [4.78, 5) is 4.43. The van der Waals surface area contributed by atoms with Gasteiger partial charge in [0.25, 0.3) is 5.19 Å². The average Bonchev–Trinajstić information content (AvgIpc) is 2.72. The highest BCUT2D eigenvalue weighted by atomic mass is 32.2. The zero-order chi connectivity index (χ0) is 15.6. The van der Waals surface area contributed by atoms with Gasteiger partial charge in [0.05, 0.1) is 21.8 Å². The molecule has 1 N–H and O–H groups in total. The molecule has 1 aromatic heterocycles. The van der Waals surface area contributed by atoms with Crippen LogP contribution in [0.2, 0.25) is 0 Å². The maximum atomic E-state index is 12.0. The highest BCUT2D eigenvalue weighted by Crippen LogP contribution is 2.28. The molecule has 20 heavy (non-hydrogen) atoms. The van der Waals surface area contributed by atoms with Gasteiger partial charge in [0.1, 0.15) is 0 Å². The van der Waals surface area contributed by atoms with E-state index in [9.17, 15) is 17.4 Å². The van der Waals surface area contributed by atoms with Gasteiger partial charge in [-0.1, -0.05) is 11.3 Å². The molecular weight excluding hydrogens is 313 g/mol. The summed E-state index contributed by atoms with van der Waals surface area (Å²) in [6.07, 6.45) is -2.96. The molecule has 1 aromatic rings. The Morgan fingerprint density at radius 2 is 2.05 bits per heavy atom. The molecule has 0 radical (unpaired) electrons. The zero-order valence-electron chi connectivity index (χ0n) is 11.6. The van der Waals surface area contributed by atoms with E-state index in [0.29, 0.717) is 4.88 Å². The van der Waals surface area contributed by atoms with E-state index in [0.717, 1.165) is 11.3 Å². The fourth-order valence-corrected chi connectivity index (χ4v) is 2.72. The highest BCUT2D eigenvalue weighted by Gasteiger charge is 2.29. The minimum atomic E-state index is -4.39. The third-order valence-electron chi connectivity index (χ3n) is 2.13. The van der Waals surface area contributed by atoms with E-state index in [1.54, 1.807) is 6.92 Å². The molecule has 0 aliphatic carbocycles. The Morgan fingerprint density at radius 3 is 2.55 bits per heavy atom. The summed E-state index contributed by atoms with van der Waals surface area (Å²) >= 11 is 1.00. The zero-order valence-corrected chi connectivity index (χ0v) is 13.2. The lowest BCUT2D eigenvalue weighted by atomic mass is 10.3. The Balaban J connectivity index is 2.60. The molecule has 0 unspecified atom stereocenters. The first-order chi connectivity index (χ1) is 8.99. The van der Waals surface area contributed by atoms with Gasteiger partial charge in [-0.2, -0.15) is 13.2 Å². The summed E-state index contributed by atoms with van der Waals surface area (Å²) in [6.45, 7) is 5.88. The Bertz CT molecular complexity index is 469. The summed E-state index contributed by atoms with van der Waals surface area (Å²) < 4.78 is 55.0. The van der Waals surface area contributed by atoms with Gasteiger partial charge < -0.3 is 4.74 Å². The Morgan fingerprint density at radius 1 is 1.45 bits per heavy atom. The third-order valence-corrected chi connectivity index (χ3v) is 4.90. The highest BCUT2D eigenvalue weighted by molar-refractivity contribution is 7.84. The third kappa shape index (κ3) is 5.76. The first kappa shape index (κ1) is 17.4. The molecule has 0 aromatic carbocycles. The minimum absolute atomic E-state index is 0.0486. The van der Waals surface area contributed by atoms with E-state index >= 15 is 0 Å². The van der Waals surface area contributed by atoms with Crippen molar-refractivity contribution in [3.8, 4) is 5.19 Å².